The van der Waals surface area contributed by atoms with Gasteiger partial charge in [-0.2, -0.15) is 5.26 Å². The molecule has 0 unspecified atom stereocenters. The number of fused-ring (bicyclic) bond motifs is 1. The number of nitriles is 1. The van der Waals surface area contributed by atoms with E-state index in [1.165, 1.54) is 0 Å². The normalized spacial score (nSPS) is 14.7. The van der Waals surface area contributed by atoms with Crippen LogP contribution in [-0.4, -0.2) is 66.1 Å². The van der Waals surface area contributed by atoms with E-state index >= 15 is 0 Å². The number of rotatable bonds is 8. The minimum Gasteiger partial charge on any atom is -0.492 e. The summed E-state index contributed by atoms with van der Waals surface area (Å²) >= 11 is 0. The molecule has 1 aliphatic rings. The van der Waals surface area contributed by atoms with Crippen LogP contribution in [0.15, 0.2) is 61.1 Å². The number of para-hydroxylation sites is 1. The van der Waals surface area contributed by atoms with E-state index in [4.69, 9.17) is 4.74 Å². The Labute approximate surface area is 218 Å². The number of nitrogens with one attached hydrogen (secondary N) is 2. The van der Waals surface area contributed by atoms with Crippen molar-refractivity contribution in [3.63, 3.8) is 0 Å². The van der Waals surface area contributed by atoms with E-state index in [0.29, 0.717) is 12.2 Å². The summed E-state index contributed by atoms with van der Waals surface area (Å²) in [5.41, 5.74) is 6.21. The number of ether oxygens (including phenoxy) is 1. The number of pyridine rings is 1. The molecule has 0 bridgehead atoms. The Morgan fingerprint density at radius 2 is 1.86 bits per heavy atom. The molecule has 2 N–H and O–H groups in total. The standard InChI is InChI=1S/C30H32N6O/c1-22-26-11-12-33-28(26)10-9-27(22)34-30-24(20-32-21-25(30)19-31)8-7-23-5-3-4-6-29(23)37-18-17-36-15-13-35(2)14-16-36/h3-12,20-21,33H,13-18H2,1-2H3,(H,32,34)/b8-7+. The number of aryl methyl sites for hydroxylation is 1. The predicted octanol–water partition coefficient (Wildman–Crippen LogP) is 5.28. The van der Waals surface area contributed by atoms with Crippen molar-refractivity contribution in [2.75, 3.05) is 51.7 Å². The van der Waals surface area contributed by atoms with Crippen LogP contribution >= 0.6 is 0 Å². The fourth-order valence-electron chi connectivity index (χ4n) is 4.67. The van der Waals surface area contributed by atoms with Gasteiger partial charge in [-0.05, 0) is 43.8 Å². The molecule has 0 radical (unpaired) electrons. The zero-order valence-electron chi connectivity index (χ0n) is 21.4. The molecular formula is C30H32N6O. The van der Waals surface area contributed by atoms with Gasteiger partial charge < -0.3 is 19.9 Å². The van der Waals surface area contributed by atoms with Crippen molar-refractivity contribution in [1.29, 1.82) is 5.26 Å². The maximum atomic E-state index is 9.79. The number of benzene rings is 2. The van der Waals surface area contributed by atoms with Crippen molar-refractivity contribution >= 4 is 34.4 Å². The van der Waals surface area contributed by atoms with Crippen LogP contribution in [0.1, 0.15) is 22.3 Å². The number of H-pyrrole nitrogens is 1. The first kappa shape index (κ1) is 24.6. The van der Waals surface area contributed by atoms with E-state index < -0.39 is 0 Å². The molecule has 188 valence electrons. The molecule has 0 spiro atoms. The Hall–Kier alpha value is -4.12. The summed E-state index contributed by atoms with van der Waals surface area (Å²) in [5.74, 6) is 0.848. The quantitative estimate of drug-likeness (QED) is 0.348. The van der Waals surface area contributed by atoms with Crippen LogP contribution in [0.4, 0.5) is 11.4 Å². The number of aromatic nitrogens is 2. The van der Waals surface area contributed by atoms with E-state index in [-0.39, 0.29) is 0 Å². The van der Waals surface area contributed by atoms with Crippen LogP contribution < -0.4 is 10.1 Å². The second-order valence-corrected chi connectivity index (χ2v) is 9.43. The molecule has 1 fully saturated rings. The summed E-state index contributed by atoms with van der Waals surface area (Å²) in [7, 11) is 2.17. The molecule has 3 heterocycles. The van der Waals surface area contributed by atoms with E-state index in [9.17, 15) is 5.26 Å². The molecule has 0 amide bonds. The average molecular weight is 493 g/mol. The molecule has 37 heavy (non-hydrogen) atoms. The van der Waals surface area contributed by atoms with Crippen LogP contribution in [-0.2, 0) is 0 Å². The number of hydrogen-bond donors (Lipinski definition) is 2. The highest BCUT2D eigenvalue weighted by Crippen LogP contribution is 2.31. The van der Waals surface area contributed by atoms with E-state index in [1.807, 2.05) is 54.7 Å². The van der Waals surface area contributed by atoms with Gasteiger partial charge in [-0.3, -0.25) is 9.88 Å². The molecule has 1 aliphatic heterocycles. The summed E-state index contributed by atoms with van der Waals surface area (Å²) in [4.78, 5) is 12.4. The maximum absolute atomic E-state index is 9.79. The van der Waals surface area contributed by atoms with Crippen LogP contribution in [0, 0.1) is 18.3 Å². The van der Waals surface area contributed by atoms with Gasteiger partial charge in [-0.25, -0.2) is 0 Å². The Bertz CT molecular complexity index is 1440. The Balaban J connectivity index is 1.35. The number of anilines is 2. The Morgan fingerprint density at radius 3 is 2.70 bits per heavy atom. The summed E-state index contributed by atoms with van der Waals surface area (Å²) in [6.45, 7) is 8.00. The third kappa shape index (κ3) is 5.67. The van der Waals surface area contributed by atoms with Crippen molar-refractivity contribution in [1.82, 2.24) is 19.8 Å². The van der Waals surface area contributed by atoms with Crippen molar-refractivity contribution in [2.45, 2.75) is 6.92 Å². The molecule has 2 aromatic heterocycles. The summed E-state index contributed by atoms with van der Waals surface area (Å²) in [6.07, 6.45) is 9.33. The third-order valence-electron chi connectivity index (χ3n) is 6.98. The summed E-state index contributed by atoms with van der Waals surface area (Å²) in [6, 6.07) is 16.5. The number of nitrogens with zero attached hydrogens (tertiary/aromatic N) is 4. The smallest absolute Gasteiger partial charge is 0.126 e. The van der Waals surface area contributed by atoms with Crippen molar-refractivity contribution in [3.8, 4) is 11.8 Å². The molecule has 2 aromatic carbocycles. The topological polar surface area (TPSA) is 80.2 Å². The van der Waals surface area contributed by atoms with Gasteiger partial charge in [0.05, 0.1) is 11.3 Å². The Morgan fingerprint density at radius 1 is 1.05 bits per heavy atom. The number of likely N-dealkylation sites (N-methyl/N-ethyl adjacent to an activating group) is 1. The lowest BCUT2D eigenvalue weighted by Gasteiger charge is -2.32. The first-order valence-corrected chi connectivity index (χ1v) is 12.6. The minimum atomic E-state index is 0.493. The molecule has 4 aromatic rings. The van der Waals surface area contributed by atoms with Crippen molar-refractivity contribution < 1.29 is 4.74 Å². The molecule has 0 aliphatic carbocycles. The molecule has 0 saturated carbocycles. The average Bonchev–Trinajstić information content (AvgIpc) is 3.41. The summed E-state index contributed by atoms with van der Waals surface area (Å²) in [5, 5.41) is 14.4. The second kappa shape index (κ2) is 11.3. The first-order valence-electron chi connectivity index (χ1n) is 12.6. The number of hydrogen-bond acceptors (Lipinski definition) is 6. The van der Waals surface area contributed by atoms with Crippen LogP contribution in [0.5, 0.6) is 5.75 Å². The van der Waals surface area contributed by atoms with Gasteiger partial charge in [0.1, 0.15) is 18.4 Å². The van der Waals surface area contributed by atoms with Crippen LogP contribution in [0.3, 0.4) is 0 Å². The molecule has 0 atom stereocenters. The van der Waals surface area contributed by atoms with E-state index in [0.717, 1.165) is 77.4 Å². The lowest BCUT2D eigenvalue weighted by Crippen LogP contribution is -2.45. The monoisotopic (exact) mass is 492 g/mol. The lowest BCUT2D eigenvalue weighted by molar-refractivity contribution is 0.133. The fraction of sp³-hybridized carbons (Fsp3) is 0.267. The molecule has 7 nitrogen and oxygen atoms in total. The highest BCUT2D eigenvalue weighted by atomic mass is 16.5. The second-order valence-electron chi connectivity index (χ2n) is 9.43. The third-order valence-corrected chi connectivity index (χ3v) is 6.98. The van der Waals surface area contributed by atoms with E-state index in [2.05, 4.69) is 51.2 Å². The van der Waals surface area contributed by atoms with Gasteiger partial charge in [0.15, 0.2) is 0 Å². The van der Waals surface area contributed by atoms with E-state index in [1.54, 1.807) is 12.4 Å². The largest absolute Gasteiger partial charge is 0.492 e. The zero-order chi connectivity index (χ0) is 25.6. The van der Waals surface area contributed by atoms with Gasteiger partial charge in [-0.15, -0.1) is 0 Å². The van der Waals surface area contributed by atoms with Gasteiger partial charge in [0.2, 0.25) is 0 Å². The highest BCUT2D eigenvalue weighted by molar-refractivity contribution is 5.90. The predicted molar refractivity (Wildman–Crippen MR) is 150 cm³/mol. The minimum absolute atomic E-state index is 0.493. The Kier molecular flexibility index (Phi) is 7.50. The first-order chi connectivity index (χ1) is 18.1. The van der Waals surface area contributed by atoms with Crippen LogP contribution in [0.2, 0.25) is 0 Å². The fourth-order valence-corrected chi connectivity index (χ4v) is 4.67. The molecular weight excluding hydrogens is 460 g/mol. The maximum Gasteiger partial charge on any atom is 0.126 e. The highest BCUT2D eigenvalue weighted by Gasteiger charge is 2.14. The van der Waals surface area contributed by atoms with Gasteiger partial charge in [0.25, 0.3) is 0 Å². The number of aromatic amines is 1. The van der Waals surface area contributed by atoms with Gasteiger partial charge in [-0.1, -0.05) is 30.4 Å². The zero-order valence-corrected chi connectivity index (χ0v) is 21.4. The molecule has 5 rings (SSSR count). The lowest BCUT2D eigenvalue weighted by atomic mass is 10.1. The van der Waals surface area contributed by atoms with Crippen molar-refractivity contribution in [2.24, 2.45) is 0 Å². The number of piperazine rings is 1. The van der Waals surface area contributed by atoms with Crippen LogP contribution in [0.25, 0.3) is 23.1 Å². The van der Waals surface area contributed by atoms with Gasteiger partial charge in [0, 0.05) is 79.0 Å². The van der Waals surface area contributed by atoms with Gasteiger partial charge >= 0.3 is 0 Å². The van der Waals surface area contributed by atoms with Crippen molar-refractivity contribution in [3.05, 3.63) is 83.3 Å². The molecule has 1 saturated heterocycles. The summed E-state index contributed by atoms with van der Waals surface area (Å²) < 4.78 is 6.18. The SMILES string of the molecule is Cc1c(Nc2c(C#N)cncc2/C=C/c2ccccc2OCCN2CCN(C)CC2)ccc2[nH]ccc12. The molecule has 7 heteroatoms.